The van der Waals surface area contributed by atoms with Gasteiger partial charge in [-0.2, -0.15) is 0 Å². The molecular weight excluding hydrogens is 396 g/mol. The van der Waals surface area contributed by atoms with E-state index in [0.29, 0.717) is 0 Å². The quantitative estimate of drug-likeness (QED) is 0.645. The van der Waals surface area contributed by atoms with Crippen LogP contribution in [0.15, 0.2) is 68.5 Å². The van der Waals surface area contributed by atoms with Crippen molar-refractivity contribution in [2.45, 2.75) is 0 Å². The molecule has 2 aromatic carbocycles. The molecule has 0 fully saturated rings. The molecule has 1 aliphatic rings. The van der Waals surface area contributed by atoms with Crippen LogP contribution in [-0.4, -0.2) is 101 Å². The van der Waals surface area contributed by atoms with Gasteiger partial charge in [0.05, 0.1) is 26.2 Å². The Kier molecular flexibility index (Phi) is 9.96. The van der Waals surface area contributed by atoms with Crippen LogP contribution in [0, 0.1) is 0 Å². The molecular formula is C26H34N6. The first kappa shape index (κ1) is 23.7. The average molecular weight is 431 g/mol. The lowest BCUT2D eigenvalue weighted by molar-refractivity contribution is 0.354. The van der Waals surface area contributed by atoms with Crippen LogP contribution in [0.25, 0.3) is 0 Å². The second kappa shape index (κ2) is 13.5. The molecule has 0 atom stereocenters. The summed E-state index contributed by atoms with van der Waals surface area (Å²) in [5.74, 6) is 0. The van der Waals surface area contributed by atoms with Crippen LogP contribution in [0.1, 0.15) is 22.3 Å². The highest BCUT2D eigenvalue weighted by Gasteiger charge is 1.98. The number of benzene rings is 2. The number of rotatable bonds is 0. The van der Waals surface area contributed by atoms with Crippen molar-refractivity contribution < 1.29 is 0 Å². The van der Waals surface area contributed by atoms with Gasteiger partial charge in [0, 0.05) is 51.0 Å². The Morgan fingerprint density at radius 1 is 0.500 bits per heavy atom. The molecule has 0 N–H and O–H groups in total. The van der Waals surface area contributed by atoms with Crippen molar-refractivity contribution in [2.24, 2.45) is 20.0 Å². The smallest absolute Gasteiger partial charge is 0.0516 e. The topological polar surface area (TPSA) is 55.9 Å². The van der Waals surface area contributed by atoms with Crippen molar-refractivity contribution >= 4 is 24.9 Å². The van der Waals surface area contributed by atoms with Crippen LogP contribution in [0.4, 0.5) is 0 Å². The third-order valence-corrected chi connectivity index (χ3v) is 5.23. The van der Waals surface area contributed by atoms with Crippen LogP contribution in [0.3, 0.4) is 0 Å². The maximum atomic E-state index is 4.59. The molecule has 0 spiro atoms. The fraction of sp³-hybridized carbons (Fsp3) is 0.385. The highest BCUT2D eigenvalue weighted by Crippen LogP contribution is 2.03. The molecule has 0 radical (unpaired) electrons. The van der Waals surface area contributed by atoms with Gasteiger partial charge in [-0.05, 0) is 48.5 Å². The molecule has 0 aliphatic carbocycles. The molecule has 0 aromatic heterocycles. The van der Waals surface area contributed by atoms with Crippen LogP contribution in [0.5, 0.6) is 0 Å². The summed E-state index contributed by atoms with van der Waals surface area (Å²) in [6, 6.07) is 16.7. The minimum atomic E-state index is 0.770. The minimum absolute atomic E-state index is 0.770. The Morgan fingerprint density at radius 2 is 0.781 bits per heavy atom. The van der Waals surface area contributed by atoms with Gasteiger partial charge < -0.3 is 9.80 Å². The maximum absolute atomic E-state index is 4.59. The molecule has 32 heavy (non-hydrogen) atoms. The molecule has 0 saturated carbocycles. The summed E-state index contributed by atoms with van der Waals surface area (Å²) in [7, 11) is 4.22. The lowest BCUT2D eigenvalue weighted by Crippen LogP contribution is -2.24. The van der Waals surface area contributed by atoms with E-state index >= 15 is 0 Å². The largest absolute Gasteiger partial charge is 0.303 e. The van der Waals surface area contributed by atoms with Crippen molar-refractivity contribution in [3.05, 3.63) is 70.8 Å². The van der Waals surface area contributed by atoms with Gasteiger partial charge in [0.15, 0.2) is 0 Å². The Hall–Kier alpha value is -2.96. The van der Waals surface area contributed by atoms with Gasteiger partial charge in [-0.3, -0.25) is 20.0 Å². The van der Waals surface area contributed by atoms with Gasteiger partial charge in [-0.25, -0.2) is 0 Å². The van der Waals surface area contributed by atoms with E-state index in [1.165, 1.54) is 0 Å². The fourth-order valence-electron chi connectivity index (χ4n) is 3.26. The zero-order valence-electron chi connectivity index (χ0n) is 19.3. The molecule has 1 aliphatic heterocycles. The molecule has 0 saturated heterocycles. The molecule has 4 bridgehead atoms. The first-order chi connectivity index (χ1) is 15.7. The highest BCUT2D eigenvalue weighted by molar-refractivity contribution is 5.86. The van der Waals surface area contributed by atoms with Crippen LogP contribution < -0.4 is 0 Å². The third-order valence-electron chi connectivity index (χ3n) is 5.23. The van der Waals surface area contributed by atoms with Crippen molar-refractivity contribution in [3.63, 3.8) is 0 Å². The van der Waals surface area contributed by atoms with Gasteiger partial charge in [-0.15, -0.1) is 0 Å². The molecule has 6 nitrogen and oxygen atoms in total. The third kappa shape index (κ3) is 9.04. The monoisotopic (exact) mass is 430 g/mol. The van der Waals surface area contributed by atoms with Crippen LogP contribution in [-0.2, 0) is 0 Å². The van der Waals surface area contributed by atoms with E-state index < -0.39 is 0 Å². The van der Waals surface area contributed by atoms with Gasteiger partial charge in [-0.1, -0.05) is 36.4 Å². The zero-order chi connectivity index (χ0) is 22.4. The normalized spacial score (nSPS) is 17.8. The standard InChI is InChI=1S/C26H34N6/c1-31-13-9-27-19-23-5-3-7-25(17-23)21-29-11-15-32(2)16-12-30-22-26-8-4-6-24(18-26)20-28-10-14-31/h3-8,17-22H,9-16H2,1-2H3. The van der Waals surface area contributed by atoms with E-state index in [1.54, 1.807) is 0 Å². The number of aliphatic imine (C=N–C) groups is 4. The summed E-state index contributed by atoms with van der Waals surface area (Å²) >= 11 is 0. The summed E-state index contributed by atoms with van der Waals surface area (Å²) in [4.78, 5) is 22.9. The summed E-state index contributed by atoms with van der Waals surface area (Å²) in [6.45, 7) is 6.72. The zero-order valence-corrected chi connectivity index (χ0v) is 19.3. The number of hydrogen-bond acceptors (Lipinski definition) is 6. The van der Waals surface area contributed by atoms with E-state index in [0.717, 1.165) is 74.6 Å². The fourth-order valence-corrected chi connectivity index (χ4v) is 3.26. The van der Waals surface area contributed by atoms with E-state index in [2.05, 4.69) is 92.4 Å². The number of nitrogens with zero attached hydrogens (tertiary/aromatic N) is 6. The number of fused-ring (bicyclic) bond motifs is 4. The first-order valence-corrected chi connectivity index (χ1v) is 11.3. The van der Waals surface area contributed by atoms with Gasteiger partial charge in [0.1, 0.15) is 0 Å². The number of likely N-dealkylation sites (N-methyl/N-ethyl adjacent to an activating group) is 2. The lowest BCUT2D eigenvalue weighted by atomic mass is 10.1. The molecule has 6 heteroatoms. The Bertz CT molecular complexity index is 803. The van der Waals surface area contributed by atoms with E-state index in [9.17, 15) is 0 Å². The van der Waals surface area contributed by atoms with Crippen LogP contribution >= 0.6 is 0 Å². The lowest BCUT2D eigenvalue weighted by Gasteiger charge is -2.13. The Labute approximate surface area is 192 Å². The van der Waals surface area contributed by atoms with Crippen LogP contribution in [0.2, 0.25) is 0 Å². The molecule has 3 rings (SSSR count). The molecule has 0 amide bonds. The highest BCUT2D eigenvalue weighted by atomic mass is 15.1. The van der Waals surface area contributed by atoms with E-state index in [4.69, 9.17) is 0 Å². The molecule has 0 unspecified atom stereocenters. The Balaban J connectivity index is 1.65. The summed E-state index contributed by atoms with van der Waals surface area (Å²) < 4.78 is 0. The minimum Gasteiger partial charge on any atom is -0.303 e. The predicted molar refractivity (Wildman–Crippen MR) is 138 cm³/mol. The second-order valence-corrected chi connectivity index (χ2v) is 8.09. The average Bonchev–Trinajstić information content (AvgIpc) is 2.80. The van der Waals surface area contributed by atoms with Crippen molar-refractivity contribution in [1.29, 1.82) is 0 Å². The Morgan fingerprint density at radius 3 is 1.06 bits per heavy atom. The summed E-state index contributed by atoms with van der Waals surface area (Å²) in [5, 5.41) is 0. The van der Waals surface area contributed by atoms with Gasteiger partial charge >= 0.3 is 0 Å². The van der Waals surface area contributed by atoms with Crippen molar-refractivity contribution in [3.8, 4) is 0 Å². The molecule has 2 aromatic rings. The maximum Gasteiger partial charge on any atom is 0.0516 e. The summed E-state index contributed by atoms with van der Waals surface area (Å²) in [5.41, 5.74) is 4.42. The number of hydrogen-bond donors (Lipinski definition) is 0. The van der Waals surface area contributed by atoms with E-state index in [-0.39, 0.29) is 0 Å². The summed E-state index contributed by atoms with van der Waals surface area (Å²) in [6.07, 6.45) is 7.79. The SMILES string of the molecule is CN1CCN=Cc2cccc(c2)C=NCCN(C)CCN=Cc2cccc(c2)C=NCC1. The second-order valence-electron chi connectivity index (χ2n) is 8.09. The predicted octanol–water partition coefficient (Wildman–Crippen LogP) is 2.94. The first-order valence-electron chi connectivity index (χ1n) is 11.3. The van der Waals surface area contributed by atoms with Crippen molar-refractivity contribution in [2.75, 3.05) is 66.5 Å². The van der Waals surface area contributed by atoms with Gasteiger partial charge in [0.2, 0.25) is 0 Å². The molecule has 1 heterocycles. The van der Waals surface area contributed by atoms with Crippen molar-refractivity contribution in [1.82, 2.24) is 9.80 Å². The van der Waals surface area contributed by atoms with Gasteiger partial charge in [0.25, 0.3) is 0 Å². The molecule has 168 valence electrons. The van der Waals surface area contributed by atoms with E-state index in [1.807, 2.05) is 24.9 Å².